The van der Waals surface area contributed by atoms with Gasteiger partial charge in [0, 0.05) is 0 Å². The molecule has 5 heteroatoms. The van der Waals surface area contributed by atoms with Gasteiger partial charge in [-0.1, -0.05) is 35.9 Å². The molecule has 0 unspecified atom stereocenters. The molecule has 0 saturated heterocycles. The first-order chi connectivity index (χ1) is 10.6. The van der Waals surface area contributed by atoms with E-state index in [2.05, 4.69) is 5.32 Å². The predicted molar refractivity (Wildman–Crippen MR) is 86.5 cm³/mol. The molecule has 1 amide bonds. The van der Waals surface area contributed by atoms with Crippen LogP contribution in [0.3, 0.4) is 0 Å². The number of hydrogen-bond acceptors (Lipinski definition) is 3. The third-order valence-electron chi connectivity index (χ3n) is 3.19. The third kappa shape index (κ3) is 4.40. The number of carbonyl (C=O) groups excluding carboxylic acids is 1. The highest BCUT2D eigenvalue weighted by Gasteiger charge is 2.11. The van der Waals surface area contributed by atoms with Gasteiger partial charge in [-0.15, -0.1) is 0 Å². The maximum atomic E-state index is 11.9. The molecule has 0 saturated carbocycles. The molecular weight excluding hydrogens is 302 g/mol. The van der Waals surface area contributed by atoms with Crippen molar-refractivity contribution in [3.05, 3.63) is 59.1 Å². The van der Waals surface area contributed by atoms with E-state index >= 15 is 0 Å². The minimum absolute atomic E-state index is 0.0791. The molecule has 2 rings (SSSR count). The zero-order chi connectivity index (χ0) is 15.9. The normalized spacial score (nSPS) is 11.6. The van der Waals surface area contributed by atoms with Crippen LogP contribution in [0.2, 0.25) is 5.02 Å². The van der Waals surface area contributed by atoms with Crippen LogP contribution in [-0.2, 0) is 4.79 Å². The van der Waals surface area contributed by atoms with Crippen LogP contribution in [0, 0.1) is 0 Å². The Morgan fingerprint density at radius 2 is 1.86 bits per heavy atom. The molecule has 0 bridgehead atoms. The van der Waals surface area contributed by atoms with Crippen molar-refractivity contribution in [2.75, 3.05) is 13.7 Å². The maximum absolute atomic E-state index is 11.9. The zero-order valence-corrected chi connectivity index (χ0v) is 13.3. The van der Waals surface area contributed by atoms with E-state index in [0.717, 1.165) is 11.3 Å². The lowest BCUT2D eigenvalue weighted by atomic mass is 10.1. The van der Waals surface area contributed by atoms with Crippen molar-refractivity contribution >= 4 is 17.5 Å². The Morgan fingerprint density at radius 1 is 1.18 bits per heavy atom. The highest BCUT2D eigenvalue weighted by Crippen LogP contribution is 2.23. The molecule has 0 aliphatic carbocycles. The van der Waals surface area contributed by atoms with Crippen LogP contribution in [0.4, 0.5) is 0 Å². The lowest BCUT2D eigenvalue weighted by Crippen LogP contribution is -2.31. The molecule has 0 radical (unpaired) electrons. The molecule has 0 aliphatic heterocycles. The topological polar surface area (TPSA) is 47.6 Å². The highest BCUT2D eigenvalue weighted by atomic mass is 35.5. The van der Waals surface area contributed by atoms with E-state index in [1.54, 1.807) is 31.4 Å². The number of hydrogen-bond donors (Lipinski definition) is 1. The average Bonchev–Trinajstić information content (AvgIpc) is 2.54. The number of rotatable bonds is 6. The molecule has 2 aromatic rings. The Kier molecular flexibility index (Phi) is 5.67. The number of halogens is 1. The summed E-state index contributed by atoms with van der Waals surface area (Å²) in [5, 5.41) is 3.36. The molecule has 2 aromatic carbocycles. The van der Waals surface area contributed by atoms with Crippen LogP contribution in [0.1, 0.15) is 18.5 Å². The van der Waals surface area contributed by atoms with Crippen LogP contribution >= 0.6 is 11.6 Å². The van der Waals surface area contributed by atoms with Crippen LogP contribution in [0.5, 0.6) is 11.5 Å². The van der Waals surface area contributed by atoms with E-state index in [9.17, 15) is 4.79 Å². The van der Waals surface area contributed by atoms with E-state index < -0.39 is 0 Å². The van der Waals surface area contributed by atoms with Crippen molar-refractivity contribution in [3.63, 3.8) is 0 Å². The fraction of sp³-hybridized carbons (Fsp3) is 0.235. The molecule has 116 valence electrons. The quantitative estimate of drug-likeness (QED) is 0.885. The van der Waals surface area contributed by atoms with Gasteiger partial charge in [0.1, 0.15) is 11.5 Å². The summed E-state index contributed by atoms with van der Waals surface area (Å²) < 4.78 is 10.5. The fourth-order valence-electron chi connectivity index (χ4n) is 1.96. The van der Waals surface area contributed by atoms with E-state index in [-0.39, 0.29) is 18.6 Å². The molecule has 0 heterocycles. The van der Waals surface area contributed by atoms with Gasteiger partial charge in [0.25, 0.3) is 5.91 Å². The van der Waals surface area contributed by atoms with Gasteiger partial charge < -0.3 is 14.8 Å². The molecule has 0 aliphatic rings. The lowest BCUT2D eigenvalue weighted by Gasteiger charge is -2.15. The predicted octanol–water partition coefficient (Wildman–Crippen LogP) is 3.60. The zero-order valence-electron chi connectivity index (χ0n) is 12.5. The summed E-state index contributed by atoms with van der Waals surface area (Å²) in [5.74, 6) is 1.07. The fourth-order valence-corrected chi connectivity index (χ4v) is 2.15. The summed E-state index contributed by atoms with van der Waals surface area (Å²) in [6, 6.07) is 14.5. The van der Waals surface area contributed by atoms with E-state index in [1.165, 1.54) is 0 Å². The van der Waals surface area contributed by atoms with E-state index in [0.29, 0.717) is 10.8 Å². The third-order valence-corrected chi connectivity index (χ3v) is 3.50. The van der Waals surface area contributed by atoms with Gasteiger partial charge in [0.2, 0.25) is 0 Å². The summed E-state index contributed by atoms with van der Waals surface area (Å²) in [6.45, 7) is 1.83. The smallest absolute Gasteiger partial charge is 0.258 e. The first kappa shape index (κ1) is 16.2. The summed E-state index contributed by atoms with van der Waals surface area (Å²) in [4.78, 5) is 11.9. The van der Waals surface area contributed by atoms with Crippen molar-refractivity contribution in [1.29, 1.82) is 0 Å². The number of benzene rings is 2. The van der Waals surface area contributed by atoms with Crippen LogP contribution in [0.15, 0.2) is 48.5 Å². The van der Waals surface area contributed by atoms with Crippen molar-refractivity contribution in [2.45, 2.75) is 13.0 Å². The van der Waals surface area contributed by atoms with Gasteiger partial charge in [-0.3, -0.25) is 4.79 Å². The maximum Gasteiger partial charge on any atom is 0.258 e. The summed E-state index contributed by atoms with van der Waals surface area (Å²) in [7, 11) is 1.62. The molecule has 1 N–H and O–H groups in total. The lowest BCUT2D eigenvalue weighted by molar-refractivity contribution is -0.123. The molecule has 0 fully saturated rings. The Morgan fingerprint density at radius 3 is 2.50 bits per heavy atom. The van der Waals surface area contributed by atoms with Crippen molar-refractivity contribution in [2.24, 2.45) is 0 Å². The minimum Gasteiger partial charge on any atom is -0.497 e. The number of nitrogens with one attached hydrogen (secondary N) is 1. The standard InChI is InChI=1S/C17H18ClNO3/c1-12(13-7-9-14(21-2)10-8-13)19-17(20)11-22-16-6-4-3-5-15(16)18/h3-10,12H,11H2,1-2H3,(H,19,20)/t12-/m1/s1. The van der Waals surface area contributed by atoms with Crippen molar-refractivity contribution in [3.8, 4) is 11.5 Å². The van der Waals surface area contributed by atoms with E-state index in [4.69, 9.17) is 21.1 Å². The average molecular weight is 320 g/mol. The largest absolute Gasteiger partial charge is 0.497 e. The first-order valence-electron chi connectivity index (χ1n) is 6.91. The van der Waals surface area contributed by atoms with Crippen LogP contribution < -0.4 is 14.8 Å². The van der Waals surface area contributed by atoms with Gasteiger partial charge in [-0.05, 0) is 36.8 Å². The molecular formula is C17H18ClNO3. The number of carbonyl (C=O) groups is 1. The molecule has 1 atom stereocenters. The summed E-state index contributed by atoms with van der Waals surface area (Å²) in [6.07, 6.45) is 0. The Labute approximate surface area is 135 Å². The van der Waals surface area contributed by atoms with Gasteiger partial charge in [-0.25, -0.2) is 0 Å². The Balaban J connectivity index is 1.87. The molecule has 0 spiro atoms. The monoisotopic (exact) mass is 319 g/mol. The molecule has 22 heavy (non-hydrogen) atoms. The Hall–Kier alpha value is -2.20. The number of para-hydroxylation sites is 1. The van der Waals surface area contributed by atoms with Gasteiger partial charge >= 0.3 is 0 Å². The number of amides is 1. The number of methoxy groups -OCH3 is 1. The number of ether oxygens (including phenoxy) is 2. The minimum atomic E-state index is -0.205. The summed E-state index contributed by atoms with van der Waals surface area (Å²) in [5.41, 5.74) is 0.992. The summed E-state index contributed by atoms with van der Waals surface area (Å²) >= 11 is 5.97. The van der Waals surface area contributed by atoms with Crippen molar-refractivity contribution in [1.82, 2.24) is 5.32 Å². The van der Waals surface area contributed by atoms with Crippen LogP contribution in [-0.4, -0.2) is 19.6 Å². The van der Waals surface area contributed by atoms with Gasteiger partial charge in [-0.2, -0.15) is 0 Å². The second kappa shape index (κ2) is 7.71. The Bertz CT molecular complexity index is 628. The second-order valence-corrected chi connectivity index (χ2v) is 5.19. The van der Waals surface area contributed by atoms with Crippen molar-refractivity contribution < 1.29 is 14.3 Å². The highest BCUT2D eigenvalue weighted by molar-refractivity contribution is 6.32. The molecule has 0 aromatic heterocycles. The van der Waals surface area contributed by atoms with Crippen LogP contribution in [0.25, 0.3) is 0 Å². The SMILES string of the molecule is COc1ccc([C@@H](C)NC(=O)COc2ccccc2Cl)cc1. The van der Waals surface area contributed by atoms with E-state index in [1.807, 2.05) is 31.2 Å². The van der Waals surface area contributed by atoms with Gasteiger partial charge in [0.05, 0.1) is 18.2 Å². The first-order valence-corrected chi connectivity index (χ1v) is 7.28. The molecule has 4 nitrogen and oxygen atoms in total. The van der Waals surface area contributed by atoms with Gasteiger partial charge in [0.15, 0.2) is 6.61 Å². The second-order valence-electron chi connectivity index (χ2n) is 4.78.